The molecule has 1 atom stereocenters. The number of rotatable bonds is 8. The molecule has 0 spiro atoms. The molecule has 4 rings (SSSR count). The largest absolute Gasteiger partial charge is 0.468 e. The predicted molar refractivity (Wildman–Crippen MR) is 124 cm³/mol. The number of sulfonamides is 1. The third-order valence-electron chi connectivity index (χ3n) is 5.69. The van der Waals surface area contributed by atoms with E-state index in [1.54, 1.807) is 43.9 Å². The van der Waals surface area contributed by atoms with Crippen LogP contribution in [0.25, 0.3) is 11.0 Å². The average molecular weight is 453 g/mol. The summed E-state index contributed by atoms with van der Waals surface area (Å²) in [4.78, 5) is 8.94. The molecule has 3 aromatic heterocycles. The molecule has 4 aromatic rings. The summed E-state index contributed by atoms with van der Waals surface area (Å²) >= 11 is 0. The quantitative estimate of drug-likeness (QED) is 0.384. The fourth-order valence-electron chi connectivity index (χ4n) is 3.96. The molecule has 32 heavy (non-hydrogen) atoms. The highest BCUT2D eigenvalue weighted by atomic mass is 32.2. The molecule has 7 nitrogen and oxygen atoms in total. The van der Waals surface area contributed by atoms with Crippen LogP contribution in [0, 0.1) is 12.8 Å². The first-order chi connectivity index (χ1) is 15.3. The van der Waals surface area contributed by atoms with Crippen molar-refractivity contribution in [2.45, 2.75) is 44.7 Å². The number of aromatic nitrogens is 3. The van der Waals surface area contributed by atoms with Crippen LogP contribution in [0.15, 0.2) is 70.4 Å². The lowest BCUT2D eigenvalue weighted by Crippen LogP contribution is -2.32. The van der Waals surface area contributed by atoms with Crippen molar-refractivity contribution in [3.05, 3.63) is 78.3 Å². The Balaban J connectivity index is 1.59. The molecule has 168 valence electrons. The molecule has 0 saturated heterocycles. The fraction of sp³-hybridized carbons (Fsp3) is 0.333. The second-order valence-corrected chi connectivity index (χ2v) is 10.4. The Bertz CT molecular complexity index is 1290. The summed E-state index contributed by atoms with van der Waals surface area (Å²) in [6, 6.07) is 12.3. The number of hydrogen-bond donors (Lipinski definition) is 0. The van der Waals surface area contributed by atoms with Gasteiger partial charge >= 0.3 is 0 Å². The Hall–Kier alpha value is -2.97. The zero-order valence-corrected chi connectivity index (χ0v) is 19.6. The molecule has 0 fully saturated rings. The first-order valence-corrected chi connectivity index (χ1v) is 12.1. The van der Waals surface area contributed by atoms with Crippen molar-refractivity contribution in [2.24, 2.45) is 5.92 Å². The number of nitrogens with zero attached hydrogens (tertiary/aromatic N) is 4. The van der Waals surface area contributed by atoms with E-state index in [2.05, 4.69) is 28.4 Å². The Labute approximate surface area is 188 Å². The molecule has 0 aliphatic heterocycles. The Morgan fingerprint density at radius 3 is 2.53 bits per heavy atom. The van der Waals surface area contributed by atoms with Crippen molar-refractivity contribution >= 4 is 21.1 Å². The lowest BCUT2D eigenvalue weighted by Gasteiger charge is -2.27. The number of benzene rings is 1. The zero-order valence-electron chi connectivity index (χ0n) is 18.8. The van der Waals surface area contributed by atoms with E-state index in [1.165, 1.54) is 4.31 Å². The normalized spacial score (nSPS) is 13.3. The van der Waals surface area contributed by atoms with E-state index in [0.717, 1.165) is 22.4 Å². The van der Waals surface area contributed by atoms with Crippen molar-refractivity contribution < 1.29 is 12.8 Å². The van der Waals surface area contributed by atoms with E-state index in [9.17, 15) is 8.42 Å². The van der Waals surface area contributed by atoms with E-state index in [0.29, 0.717) is 24.6 Å². The summed E-state index contributed by atoms with van der Waals surface area (Å²) in [6.45, 7) is 6.70. The lowest BCUT2D eigenvalue weighted by molar-refractivity contribution is 0.280. The number of furan rings is 1. The van der Waals surface area contributed by atoms with Gasteiger partial charge in [-0.1, -0.05) is 26.0 Å². The summed E-state index contributed by atoms with van der Waals surface area (Å²) in [5.41, 5.74) is 2.85. The standard InChI is InChI=1S/C24H28N4O3S/c1-17(2)14-23(24-6-5-13-31-24)27(4)32(29,30)20-9-7-19(8-10-20)16-28-18(3)26-21-15-25-12-11-22(21)28/h5-13,15,17,23H,14,16H2,1-4H3. The van der Waals surface area contributed by atoms with Crippen molar-refractivity contribution in [2.75, 3.05) is 7.05 Å². The first-order valence-electron chi connectivity index (χ1n) is 10.6. The number of imidazole rings is 1. The molecular formula is C24H28N4O3S. The summed E-state index contributed by atoms with van der Waals surface area (Å²) < 4.78 is 35.8. The Morgan fingerprint density at radius 2 is 1.88 bits per heavy atom. The highest BCUT2D eigenvalue weighted by molar-refractivity contribution is 7.89. The van der Waals surface area contributed by atoms with Gasteiger partial charge in [-0.3, -0.25) is 4.98 Å². The van der Waals surface area contributed by atoms with Crippen molar-refractivity contribution in [3.63, 3.8) is 0 Å². The minimum atomic E-state index is -3.69. The van der Waals surface area contributed by atoms with Crippen molar-refractivity contribution in [1.29, 1.82) is 0 Å². The van der Waals surface area contributed by atoms with Gasteiger partial charge in [0.15, 0.2) is 0 Å². The molecule has 3 heterocycles. The molecule has 0 amide bonds. The van der Waals surface area contributed by atoms with E-state index >= 15 is 0 Å². The molecular weight excluding hydrogens is 424 g/mol. The van der Waals surface area contributed by atoms with Gasteiger partial charge in [0.2, 0.25) is 10.0 Å². The first kappa shape index (κ1) is 22.2. The maximum atomic E-state index is 13.4. The fourth-order valence-corrected chi connectivity index (χ4v) is 5.29. The average Bonchev–Trinajstić information content (AvgIpc) is 3.40. The molecule has 0 aliphatic rings. The molecule has 0 bridgehead atoms. The van der Waals surface area contributed by atoms with Crippen LogP contribution >= 0.6 is 0 Å². The van der Waals surface area contributed by atoms with Crippen LogP contribution in [0.5, 0.6) is 0 Å². The number of aryl methyl sites for hydroxylation is 1. The molecule has 8 heteroatoms. The monoisotopic (exact) mass is 452 g/mol. The van der Waals surface area contributed by atoms with Gasteiger partial charge in [-0.2, -0.15) is 4.31 Å². The van der Waals surface area contributed by atoms with Crippen LogP contribution in [-0.4, -0.2) is 34.3 Å². The summed E-state index contributed by atoms with van der Waals surface area (Å²) in [6.07, 6.45) is 5.74. The van der Waals surface area contributed by atoms with Crippen LogP contribution in [0.4, 0.5) is 0 Å². The molecule has 1 aromatic carbocycles. The summed E-state index contributed by atoms with van der Waals surface area (Å²) in [5.74, 6) is 1.85. The highest BCUT2D eigenvalue weighted by Gasteiger charge is 2.31. The van der Waals surface area contributed by atoms with Crippen LogP contribution in [0.1, 0.15) is 43.5 Å². The number of hydrogen-bond acceptors (Lipinski definition) is 5. The number of pyridine rings is 1. The van der Waals surface area contributed by atoms with Gasteiger partial charge in [0, 0.05) is 19.8 Å². The van der Waals surface area contributed by atoms with E-state index in [-0.39, 0.29) is 10.9 Å². The van der Waals surface area contributed by atoms with Gasteiger partial charge in [-0.25, -0.2) is 13.4 Å². The summed E-state index contributed by atoms with van der Waals surface area (Å²) in [7, 11) is -2.07. The minimum Gasteiger partial charge on any atom is -0.468 e. The van der Waals surface area contributed by atoms with Crippen molar-refractivity contribution in [1.82, 2.24) is 18.8 Å². The minimum absolute atomic E-state index is 0.264. The van der Waals surface area contributed by atoms with Crippen LogP contribution in [0.3, 0.4) is 0 Å². The second-order valence-electron chi connectivity index (χ2n) is 8.44. The third-order valence-corrected chi connectivity index (χ3v) is 7.57. The molecule has 0 aliphatic carbocycles. The maximum Gasteiger partial charge on any atom is 0.243 e. The SMILES string of the molecule is Cc1nc2cnccc2n1Cc1ccc(S(=O)(=O)N(C)C(CC(C)C)c2ccco2)cc1. The summed E-state index contributed by atoms with van der Waals surface area (Å²) in [5, 5.41) is 0. The van der Waals surface area contributed by atoms with Gasteiger partial charge in [0.05, 0.1) is 28.9 Å². The topological polar surface area (TPSA) is 81.2 Å². The number of fused-ring (bicyclic) bond motifs is 1. The molecule has 1 unspecified atom stereocenters. The van der Waals surface area contributed by atoms with Crippen LogP contribution in [-0.2, 0) is 16.6 Å². The molecule has 0 N–H and O–H groups in total. The highest BCUT2D eigenvalue weighted by Crippen LogP contribution is 2.32. The van der Waals surface area contributed by atoms with Gasteiger partial charge < -0.3 is 8.98 Å². The second kappa shape index (κ2) is 8.88. The van der Waals surface area contributed by atoms with Gasteiger partial charge in [0.25, 0.3) is 0 Å². The van der Waals surface area contributed by atoms with Crippen molar-refractivity contribution in [3.8, 4) is 0 Å². The van der Waals surface area contributed by atoms with Gasteiger partial charge in [0.1, 0.15) is 17.1 Å². The van der Waals surface area contributed by atoms with E-state index in [4.69, 9.17) is 4.42 Å². The van der Waals surface area contributed by atoms with Gasteiger partial charge in [-0.15, -0.1) is 0 Å². The lowest BCUT2D eigenvalue weighted by atomic mass is 10.0. The van der Waals surface area contributed by atoms with E-state index < -0.39 is 10.0 Å². The van der Waals surface area contributed by atoms with Crippen LogP contribution < -0.4 is 0 Å². The van der Waals surface area contributed by atoms with E-state index in [1.807, 2.05) is 31.2 Å². The predicted octanol–water partition coefficient (Wildman–Crippen LogP) is 4.79. The zero-order chi connectivity index (χ0) is 22.9. The smallest absolute Gasteiger partial charge is 0.243 e. The Morgan fingerprint density at radius 1 is 1.12 bits per heavy atom. The molecule has 0 saturated carbocycles. The molecule has 0 radical (unpaired) electrons. The van der Waals surface area contributed by atoms with Crippen LogP contribution in [0.2, 0.25) is 0 Å². The maximum absolute atomic E-state index is 13.4. The third kappa shape index (κ3) is 4.33. The Kier molecular flexibility index (Phi) is 6.17. The van der Waals surface area contributed by atoms with Gasteiger partial charge in [-0.05, 0) is 55.2 Å².